The highest BCUT2D eigenvalue weighted by atomic mass is 32.1. The molecule has 1 saturated carbocycles. The summed E-state index contributed by atoms with van der Waals surface area (Å²) in [5.74, 6) is -0.0449. The summed E-state index contributed by atoms with van der Waals surface area (Å²) in [6, 6.07) is 3.01. The lowest BCUT2D eigenvalue weighted by Crippen LogP contribution is -2.63. The molecule has 1 aromatic heterocycles. The van der Waals surface area contributed by atoms with Crippen molar-refractivity contribution in [2.24, 2.45) is 0 Å². The highest BCUT2D eigenvalue weighted by Gasteiger charge is 2.42. The van der Waals surface area contributed by atoms with Crippen LogP contribution in [0.5, 0.6) is 0 Å². The van der Waals surface area contributed by atoms with Crippen molar-refractivity contribution in [1.82, 2.24) is 10.2 Å². The molecule has 2 aliphatic rings. The molecule has 1 aliphatic carbocycles. The Morgan fingerprint density at radius 3 is 2.76 bits per heavy atom. The molecule has 2 heterocycles. The van der Waals surface area contributed by atoms with Crippen LogP contribution < -0.4 is 5.32 Å². The van der Waals surface area contributed by atoms with Crippen LogP contribution in [0, 0.1) is 10.1 Å². The Labute approximate surface area is 127 Å². The minimum absolute atomic E-state index is 0.0335. The lowest BCUT2D eigenvalue weighted by molar-refractivity contribution is -0.380. The molecular formula is C14H19N3O3S. The molecule has 7 heteroatoms. The molecule has 0 aromatic carbocycles. The molecule has 1 N–H and O–H groups in total. The topological polar surface area (TPSA) is 75.5 Å². The van der Waals surface area contributed by atoms with Gasteiger partial charge in [0.1, 0.15) is 0 Å². The molecule has 0 bridgehead atoms. The summed E-state index contributed by atoms with van der Waals surface area (Å²) < 4.78 is 0. The van der Waals surface area contributed by atoms with E-state index in [1.54, 1.807) is 6.07 Å². The second-order valence-corrected chi connectivity index (χ2v) is 6.88. The van der Waals surface area contributed by atoms with Crippen LogP contribution in [-0.4, -0.2) is 40.9 Å². The van der Waals surface area contributed by atoms with Gasteiger partial charge in [-0.3, -0.25) is 14.9 Å². The Hall–Kier alpha value is -1.47. The molecule has 1 amide bonds. The average Bonchev–Trinajstić information content (AvgIpc) is 2.98. The highest BCUT2D eigenvalue weighted by Crippen LogP contribution is 2.36. The fourth-order valence-corrected chi connectivity index (χ4v) is 4.26. The van der Waals surface area contributed by atoms with Crippen LogP contribution in [0.15, 0.2) is 12.1 Å². The fraction of sp³-hybridized carbons (Fsp3) is 0.643. The number of carbonyl (C=O) groups is 1. The van der Waals surface area contributed by atoms with Crippen molar-refractivity contribution in [3.8, 4) is 0 Å². The smallest absolute Gasteiger partial charge is 0.324 e. The van der Waals surface area contributed by atoms with Crippen LogP contribution in [0.25, 0.3) is 0 Å². The third kappa shape index (κ3) is 2.67. The zero-order valence-corrected chi connectivity index (χ0v) is 12.7. The summed E-state index contributed by atoms with van der Waals surface area (Å²) in [6.45, 7) is 2.32. The summed E-state index contributed by atoms with van der Waals surface area (Å²) >= 11 is 0.979. The Bertz CT molecular complexity index is 543. The van der Waals surface area contributed by atoms with E-state index in [9.17, 15) is 14.9 Å². The number of carbonyl (C=O) groups excluding carboxylic acids is 1. The third-order valence-electron chi connectivity index (χ3n) is 4.55. The molecular weight excluding hydrogens is 290 g/mol. The lowest BCUT2D eigenvalue weighted by Gasteiger charge is -2.49. The van der Waals surface area contributed by atoms with Gasteiger partial charge in [0.05, 0.1) is 15.3 Å². The van der Waals surface area contributed by atoms with Gasteiger partial charge in [-0.05, 0) is 18.9 Å². The molecule has 2 fully saturated rings. The zero-order valence-electron chi connectivity index (χ0n) is 11.8. The van der Waals surface area contributed by atoms with E-state index < -0.39 is 4.92 Å². The van der Waals surface area contributed by atoms with Gasteiger partial charge in [-0.2, -0.15) is 0 Å². The van der Waals surface area contributed by atoms with Crippen molar-refractivity contribution < 1.29 is 9.72 Å². The maximum Gasteiger partial charge on any atom is 0.324 e. The second kappa shape index (κ2) is 5.73. The molecule has 0 atom stereocenters. The van der Waals surface area contributed by atoms with Gasteiger partial charge in [0, 0.05) is 25.7 Å². The van der Waals surface area contributed by atoms with Gasteiger partial charge in [-0.25, -0.2) is 0 Å². The van der Waals surface area contributed by atoms with E-state index in [2.05, 4.69) is 5.32 Å². The Kier molecular flexibility index (Phi) is 3.95. The van der Waals surface area contributed by atoms with Crippen LogP contribution >= 0.6 is 11.3 Å². The summed E-state index contributed by atoms with van der Waals surface area (Å²) in [7, 11) is 0. The number of thiophene rings is 1. The molecule has 0 unspecified atom stereocenters. The van der Waals surface area contributed by atoms with Crippen molar-refractivity contribution in [2.75, 3.05) is 19.6 Å². The molecule has 114 valence electrons. The van der Waals surface area contributed by atoms with Gasteiger partial charge >= 0.3 is 5.00 Å². The van der Waals surface area contributed by atoms with Crippen LogP contribution in [0.2, 0.25) is 0 Å². The number of nitro groups is 1. The van der Waals surface area contributed by atoms with Gasteiger partial charge < -0.3 is 10.2 Å². The lowest BCUT2D eigenvalue weighted by atomic mass is 9.79. The Morgan fingerprint density at radius 1 is 1.33 bits per heavy atom. The first kappa shape index (κ1) is 14.5. The van der Waals surface area contributed by atoms with Crippen LogP contribution in [-0.2, 0) is 0 Å². The number of hydrogen-bond donors (Lipinski definition) is 1. The summed E-state index contributed by atoms with van der Waals surface area (Å²) in [4.78, 5) is 25.6. The first-order chi connectivity index (χ1) is 10.1. The van der Waals surface area contributed by atoms with Crippen molar-refractivity contribution in [3.63, 3.8) is 0 Å². The number of piperazine rings is 1. The first-order valence-corrected chi connectivity index (χ1v) is 8.21. The molecule has 1 aliphatic heterocycles. The fourth-order valence-electron chi connectivity index (χ4n) is 3.49. The largest absolute Gasteiger partial charge is 0.330 e. The average molecular weight is 309 g/mol. The van der Waals surface area contributed by atoms with Gasteiger partial charge in [-0.1, -0.05) is 30.6 Å². The number of hydrogen-bond acceptors (Lipinski definition) is 5. The monoisotopic (exact) mass is 309 g/mol. The second-order valence-electron chi connectivity index (χ2n) is 5.81. The number of amides is 1. The Morgan fingerprint density at radius 2 is 2.10 bits per heavy atom. The maximum absolute atomic E-state index is 12.8. The van der Waals surface area contributed by atoms with Gasteiger partial charge in [0.25, 0.3) is 5.91 Å². The molecule has 1 saturated heterocycles. The SMILES string of the molecule is O=C(c1ccc([N+](=O)[O-])s1)N1CCNCC12CCCCC2. The number of rotatable bonds is 2. The van der Waals surface area contributed by atoms with E-state index in [4.69, 9.17) is 0 Å². The minimum atomic E-state index is -0.435. The summed E-state index contributed by atoms with van der Waals surface area (Å²) in [5.41, 5.74) is -0.0909. The van der Waals surface area contributed by atoms with Crippen LogP contribution in [0.3, 0.4) is 0 Å². The highest BCUT2D eigenvalue weighted by molar-refractivity contribution is 7.17. The summed E-state index contributed by atoms with van der Waals surface area (Å²) in [5, 5.41) is 14.2. The van der Waals surface area contributed by atoms with E-state index in [-0.39, 0.29) is 16.4 Å². The van der Waals surface area contributed by atoms with Crippen molar-refractivity contribution in [2.45, 2.75) is 37.6 Å². The van der Waals surface area contributed by atoms with Crippen molar-refractivity contribution in [3.05, 3.63) is 27.1 Å². The van der Waals surface area contributed by atoms with Crippen molar-refractivity contribution >= 4 is 22.2 Å². The van der Waals surface area contributed by atoms with E-state index in [1.807, 2.05) is 4.90 Å². The molecule has 1 spiro atoms. The van der Waals surface area contributed by atoms with Gasteiger partial charge in [0.2, 0.25) is 0 Å². The summed E-state index contributed by atoms with van der Waals surface area (Å²) in [6.07, 6.45) is 5.58. The third-order valence-corrected chi connectivity index (χ3v) is 5.58. The maximum atomic E-state index is 12.8. The Balaban J connectivity index is 1.85. The van der Waals surface area contributed by atoms with E-state index in [1.165, 1.54) is 12.5 Å². The van der Waals surface area contributed by atoms with Gasteiger partial charge in [-0.15, -0.1) is 0 Å². The standard InChI is InChI=1S/C14H19N3O3S/c18-13(11-4-5-12(21-11)17(19)20)16-9-8-15-10-14(16)6-2-1-3-7-14/h4-5,15H,1-3,6-10H2. The first-order valence-electron chi connectivity index (χ1n) is 7.39. The zero-order chi connectivity index (χ0) is 14.9. The minimum Gasteiger partial charge on any atom is -0.330 e. The van der Waals surface area contributed by atoms with Crippen molar-refractivity contribution in [1.29, 1.82) is 0 Å². The molecule has 0 radical (unpaired) electrons. The van der Waals surface area contributed by atoms with Crippen LogP contribution in [0.1, 0.15) is 41.8 Å². The van der Waals surface area contributed by atoms with E-state index in [0.29, 0.717) is 11.4 Å². The number of nitrogens with zero attached hydrogens (tertiary/aromatic N) is 2. The predicted octanol–water partition coefficient (Wildman–Crippen LogP) is 2.40. The number of nitrogens with one attached hydrogen (secondary N) is 1. The molecule has 3 rings (SSSR count). The van der Waals surface area contributed by atoms with E-state index in [0.717, 1.165) is 50.1 Å². The molecule has 1 aromatic rings. The molecule has 6 nitrogen and oxygen atoms in total. The normalized spacial score (nSPS) is 21.4. The quantitative estimate of drug-likeness (QED) is 0.672. The van der Waals surface area contributed by atoms with E-state index >= 15 is 0 Å². The molecule has 21 heavy (non-hydrogen) atoms. The predicted molar refractivity (Wildman–Crippen MR) is 80.7 cm³/mol. The van der Waals surface area contributed by atoms with Crippen LogP contribution in [0.4, 0.5) is 5.00 Å². The van der Waals surface area contributed by atoms with Gasteiger partial charge in [0.15, 0.2) is 0 Å².